The summed E-state index contributed by atoms with van der Waals surface area (Å²) in [6.07, 6.45) is 11.5. The molecule has 1 N–H and O–H groups in total. The molecule has 5 atom stereocenters. The van der Waals surface area contributed by atoms with Crippen LogP contribution in [0.2, 0.25) is 0 Å². The van der Waals surface area contributed by atoms with Gasteiger partial charge in [0.1, 0.15) is 0 Å². The van der Waals surface area contributed by atoms with E-state index in [1.807, 2.05) is 6.08 Å². The van der Waals surface area contributed by atoms with Gasteiger partial charge >= 0.3 is 0 Å². The van der Waals surface area contributed by atoms with Crippen molar-refractivity contribution >= 4 is 28.4 Å². The molecule has 0 aromatic heterocycles. The van der Waals surface area contributed by atoms with E-state index in [4.69, 9.17) is 0 Å². The Hall–Kier alpha value is -0.160. The van der Waals surface area contributed by atoms with Crippen molar-refractivity contribution in [1.29, 1.82) is 0 Å². The average Bonchev–Trinajstić information content (AvgIpc) is 2.82. The third-order valence-electron chi connectivity index (χ3n) is 7.26. The Balaban J connectivity index is 1.79. The van der Waals surface area contributed by atoms with Crippen LogP contribution in [-0.4, -0.2) is 21.4 Å². The first kappa shape index (κ1) is 15.4. The van der Waals surface area contributed by atoms with Crippen LogP contribution in [0.1, 0.15) is 51.9 Å². The molecule has 0 radical (unpaired) electrons. The monoisotopic (exact) mass is 412 g/mol. The summed E-state index contributed by atoms with van der Waals surface area (Å²) in [5, 5.41) is 10.5. The van der Waals surface area contributed by atoms with E-state index in [9.17, 15) is 9.90 Å². The highest BCUT2D eigenvalue weighted by molar-refractivity contribution is 14.1. The van der Waals surface area contributed by atoms with E-state index in [1.54, 1.807) is 5.57 Å². The number of hydrogen-bond acceptors (Lipinski definition) is 2. The molecule has 0 aromatic rings. The summed E-state index contributed by atoms with van der Waals surface area (Å²) in [4.78, 5) is 11.9. The van der Waals surface area contributed by atoms with Crippen LogP contribution in [0.4, 0.5) is 0 Å². The van der Waals surface area contributed by atoms with Gasteiger partial charge in [0.15, 0.2) is 5.78 Å². The fourth-order valence-corrected chi connectivity index (χ4v) is 7.19. The van der Waals surface area contributed by atoms with Gasteiger partial charge in [0, 0.05) is 21.7 Å². The lowest BCUT2D eigenvalue weighted by atomic mass is 9.52. The second kappa shape index (κ2) is 5.17. The maximum Gasteiger partial charge on any atom is 0.155 e. The lowest BCUT2D eigenvalue weighted by molar-refractivity contribution is -0.115. The first-order valence-corrected chi connectivity index (χ1v) is 10.2. The number of halogens is 1. The molecule has 1 unspecified atom stereocenters. The van der Waals surface area contributed by atoms with Crippen molar-refractivity contribution in [2.75, 3.05) is 4.43 Å². The van der Waals surface area contributed by atoms with Crippen LogP contribution in [0.3, 0.4) is 0 Å². The predicted molar refractivity (Wildman–Crippen MR) is 95.9 cm³/mol. The van der Waals surface area contributed by atoms with E-state index in [0.29, 0.717) is 24.0 Å². The number of aliphatic hydroxyl groups is 1. The van der Waals surface area contributed by atoms with E-state index in [-0.39, 0.29) is 16.9 Å². The summed E-state index contributed by atoms with van der Waals surface area (Å²) in [6, 6.07) is 0. The molecule has 4 rings (SSSR count). The Morgan fingerprint density at radius 3 is 2.91 bits per heavy atom. The lowest BCUT2D eigenvalue weighted by Gasteiger charge is -2.53. The minimum Gasteiger partial charge on any atom is -0.393 e. The maximum atomic E-state index is 11.9. The third-order valence-corrected chi connectivity index (χ3v) is 8.56. The zero-order valence-corrected chi connectivity index (χ0v) is 15.4. The smallest absolute Gasteiger partial charge is 0.155 e. The Bertz CT molecular complexity index is 578. The molecule has 2 saturated carbocycles. The zero-order chi connectivity index (χ0) is 15.5. The first-order chi connectivity index (χ1) is 10.5. The second-order valence-corrected chi connectivity index (χ2v) is 8.83. The molecular weight excluding hydrogens is 387 g/mol. The molecule has 0 bridgehead atoms. The van der Waals surface area contributed by atoms with Crippen LogP contribution >= 0.6 is 22.6 Å². The Morgan fingerprint density at radius 1 is 1.32 bits per heavy atom. The zero-order valence-electron chi connectivity index (χ0n) is 13.3. The molecule has 4 aliphatic carbocycles. The van der Waals surface area contributed by atoms with Crippen LogP contribution < -0.4 is 0 Å². The first-order valence-electron chi connectivity index (χ1n) is 8.70. The van der Waals surface area contributed by atoms with Crippen molar-refractivity contribution < 1.29 is 9.90 Å². The van der Waals surface area contributed by atoms with Gasteiger partial charge in [-0.25, -0.2) is 0 Å². The van der Waals surface area contributed by atoms with Crippen LogP contribution in [0, 0.1) is 22.7 Å². The van der Waals surface area contributed by atoms with E-state index in [0.717, 1.165) is 30.1 Å². The SMILES string of the molecule is C[C@]12CC=C3[C@@H](CCC4=CC(=O)CC[C@@]43CI)[C@@H]1CCC2O. The molecule has 3 heteroatoms. The van der Waals surface area contributed by atoms with Crippen LogP contribution in [0.25, 0.3) is 0 Å². The van der Waals surface area contributed by atoms with E-state index >= 15 is 0 Å². The number of hydrogen-bond donors (Lipinski definition) is 1. The fourth-order valence-electron chi connectivity index (χ4n) is 5.88. The number of rotatable bonds is 1. The van der Waals surface area contributed by atoms with Gasteiger partial charge in [-0.1, -0.05) is 46.7 Å². The second-order valence-electron chi connectivity index (χ2n) is 8.07. The molecule has 120 valence electrons. The number of alkyl halides is 1. The number of carbonyl (C=O) groups is 1. The molecule has 0 saturated heterocycles. The molecule has 0 aromatic carbocycles. The Kier molecular flexibility index (Phi) is 3.61. The predicted octanol–water partition coefficient (Wildman–Crippen LogP) is 4.21. The summed E-state index contributed by atoms with van der Waals surface area (Å²) in [7, 11) is 0. The molecule has 0 heterocycles. The third kappa shape index (κ3) is 1.90. The number of ketones is 1. The van der Waals surface area contributed by atoms with E-state index in [2.05, 4.69) is 35.6 Å². The van der Waals surface area contributed by atoms with E-state index in [1.165, 1.54) is 18.4 Å². The molecule has 22 heavy (non-hydrogen) atoms. The minimum atomic E-state index is -0.129. The highest BCUT2D eigenvalue weighted by Crippen LogP contribution is 2.63. The molecule has 4 aliphatic rings. The average molecular weight is 412 g/mol. The van der Waals surface area contributed by atoms with Crippen molar-refractivity contribution in [1.82, 2.24) is 0 Å². The molecule has 2 nitrogen and oxygen atoms in total. The number of carbonyl (C=O) groups excluding carboxylic acids is 1. The van der Waals surface area contributed by atoms with Gasteiger partial charge in [0.25, 0.3) is 0 Å². The number of fused-ring (bicyclic) bond motifs is 5. The van der Waals surface area contributed by atoms with Gasteiger partial charge in [-0.2, -0.15) is 0 Å². The van der Waals surface area contributed by atoms with Crippen molar-refractivity contribution in [3.8, 4) is 0 Å². The van der Waals surface area contributed by atoms with Crippen LogP contribution in [0.15, 0.2) is 23.3 Å². The Labute approximate surface area is 146 Å². The fraction of sp³-hybridized carbons (Fsp3) is 0.737. The highest BCUT2D eigenvalue weighted by atomic mass is 127. The number of aliphatic hydroxyl groups excluding tert-OH is 1. The summed E-state index contributed by atoms with van der Waals surface area (Å²) < 4.78 is 1.10. The largest absolute Gasteiger partial charge is 0.393 e. The normalized spacial score (nSPS) is 47.2. The molecule has 0 aliphatic heterocycles. The quantitative estimate of drug-likeness (QED) is 0.398. The van der Waals surface area contributed by atoms with Crippen molar-refractivity contribution in [2.24, 2.45) is 22.7 Å². The van der Waals surface area contributed by atoms with E-state index < -0.39 is 0 Å². The van der Waals surface area contributed by atoms with Gasteiger partial charge in [0.05, 0.1) is 6.10 Å². The standard InChI is InChI=1S/C19H25IO2/c1-18-8-7-16-14(15(18)4-5-17(18)22)3-2-12-10-13(21)6-9-19(12,16)11-20/h7,10,14-15,17,22H,2-6,8-9,11H2,1H3/t14-,15-,17?,18-,19+/m0/s1. The number of allylic oxidation sites excluding steroid dienone is 4. The van der Waals surface area contributed by atoms with Gasteiger partial charge in [-0.3, -0.25) is 4.79 Å². The molecular formula is C19H25IO2. The minimum absolute atomic E-state index is 0.0896. The maximum absolute atomic E-state index is 11.9. The summed E-state index contributed by atoms with van der Waals surface area (Å²) >= 11 is 2.53. The summed E-state index contributed by atoms with van der Waals surface area (Å²) in [5.74, 6) is 1.60. The van der Waals surface area contributed by atoms with Crippen LogP contribution in [-0.2, 0) is 4.79 Å². The van der Waals surface area contributed by atoms with Crippen molar-refractivity contribution in [3.05, 3.63) is 23.3 Å². The van der Waals surface area contributed by atoms with Crippen molar-refractivity contribution in [2.45, 2.75) is 58.0 Å². The van der Waals surface area contributed by atoms with Gasteiger partial charge < -0.3 is 5.11 Å². The molecule has 0 amide bonds. The summed E-state index contributed by atoms with van der Waals surface area (Å²) in [5.41, 5.74) is 3.28. The summed E-state index contributed by atoms with van der Waals surface area (Å²) in [6.45, 7) is 2.30. The van der Waals surface area contributed by atoms with Crippen LogP contribution in [0.5, 0.6) is 0 Å². The van der Waals surface area contributed by atoms with Crippen molar-refractivity contribution in [3.63, 3.8) is 0 Å². The van der Waals surface area contributed by atoms with Gasteiger partial charge in [0.2, 0.25) is 0 Å². The Morgan fingerprint density at radius 2 is 2.14 bits per heavy atom. The molecule has 0 spiro atoms. The molecule has 2 fully saturated rings. The van der Waals surface area contributed by atoms with Gasteiger partial charge in [-0.15, -0.1) is 0 Å². The topological polar surface area (TPSA) is 37.3 Å². The highest BCUT2D eigenvalue weighted by Gasteiger charge is 2.56. The van der Waals surface area contributed by atoms with Gasteiger partial charge in [-0.05, 0) is 56.4 Å². The lowest BCUT2D eigenvalue weighted by Crippen LogP contribution is -2.47.